The average molecular weight is 254 g/mol. The van der Waals surface area contributed by atoms with E-state index < -0.39 is 5.92 Å². The van der Waals surface area contributed by atoms with Crippen molar-refractivity contribution in [3.63, 3.8) is 0 Å². The molecule has 0 bridgehead atoms. The Morgan fingerprint density at radius 1 is 1.22 bits per heavy atom. The standard InChI is InChI=1S/C15H20F2O/c1-2-15(16,17)13-5-3-4-12(10-13)11-6-8-14(18)9-7-11/h3-5,10-11,14,18H,2,6-9H2,1H3. The van der Waals surface area contributed by atoms with Crippen molar-refractivity contribution in [1.29, 1.82) is 0 Å². The number of benzene rings is 1. The van der Waals surface area contributed by atoms with E-state index in [4.69, 9.17) is 0 Å². The van der Waals surface area contributed by atoms with Gasteiger partial charge in [-0.1, -0.05) is 25.1 Å². The van der Waals surface area contributed by atoms with Crippen LogP contribution in [0.25, 0.3) is 0 Å². The Morgan fingerprint density at radius 3 is 2.50 bits per heavy atom. The summed E-state index contributed by atoms with van der Waals surface area (Å²) >= 11 is 0. The summed E-state index contributed by atoms with van der Waals surface area (Å²) < 4.78 is 27.3. The van der Waals surface area contributed by atoms with E-state index in [0.717, 1.165) is 31.2 Å². The molecule has 3 heteroatoms. The molecule has 1 aliphatic rings. The molecule has 1 saturated carbocycles. The van der Waals surface area contributed by atoms with Crippen molar-refractivity contribution in [1.82, 2.24) is 0 Å². The first-order valence-corrected chi connectivity index (χ1v) is 6.69. The van der Waals surface area contributed by atoms with E-state index in [1.807, 2.05) is 6.07 Å². The van der Waals surface area contributed by atoms with Crippen LogP contribution in [0.5, 0.6) is 0 Å². The quantitative estimate of drug-likeness (QED) is 0.856. The number of hydrogen-bond acceptors (Lipinski definition) is 1. The Labute approximate surface area is 107 Å². The smallest absolute Gasteiger partial charge is 0.273 e. The molecule has 1 fully saturated rings. The van der Waals surface area contributed by atoms with Crippen molar-refractivity contribution in [2.24, 2.45) is 0 Å². The number of halogens is 2. The van der Waals surface area contributed by atoms with E-state index in [1.165, 1.54) is 13.0 Å². The van der Waals surface area contributed by atoms with Crippen LogP contribution in [-0.4, -0.2) is 11.2 Å². The number of aliphatic hydroxyl groups excluding tert-OH is 1. The van der Waals surface area contributed by atoms with Gasteiger partial charge in [0.15, 0.2) is 0 Å². The zero-order chi connectivity index (χ0) is 13.2. The zero-order valence-corrected chi connectivity index (χ0v) is 10.7. The lowest BCUT2D eigenvalue weighted by Crippen LogP contribution is -2.18. The summed E-state index contributed by atoms with van der Waals surface area (Å²) in [5, 5.41) is 9.48. The summed E-state index contributed by atoms with van der Waals surface area (Å²) in [4.78, 5) is 0. The van der Waals surface area contributed by atoms with Gasteiger partial charge in [-0.2, -0.15) is 0 Å². The van der Waals surface area contributed by atoms with Crippen molar-refractivity contribution >= 4 is 0 Å². The molecule has 18 heavy (non-hydrogen) atoms. The average Bonchev–Trinajstić information content (AvgIpc) is 2.40. The van der Waals surface area contributed by atoms with Crippen molar-refractivity contribution in [3.8, 4) is 0 Å². The molecule has 0 unspecified atom stereocenters. The monoisotopic (exact) mass is 254 g/mol. The summed E-state index contributed by atoms with van der Waals surface area (Å²) in [7, 11) is 0. The molecule has 1 aromatic carbocycles. The number of hydrogen-bond donors (Lipinski definition) is 1. The van der Waals surface area contributed by atoms with Crippen molar-refractivity contribution < 1.29 is 13.9 Å². The fourth-order valence-corrected chi connectivity index (χ4v) is 2.63. The Morgan fingerprint density at radius 2 is 1.89 bits per heavy atom. The summed E-state index contributed by atoms with van der Waals surface area (Å²) in [5.74, 6) is -2.41. The van der Waals surface area contributed by atoms with Gasteiger partial charge in [0.25, 0.3) is 5.92 Å². The maximum absolute atomic E-state index is 13.7. The molecule has 1 aromatic rings. The molecular formula is C15H20F2O. The first-order valence-electron chi connectivity index (χ1n) is 6.69. The molecular weight excluding hydrogens is 234 g/mol. The van der Waals surface area contributed by atoms with Crippen LogP contribution in [0.2, 0.25) is 0 Å². The van der Waals surface area contributed by atoms with Crippen LogP contribution in [0.1, 0.15) is 56.1 Å². The topological polar surface area (TPSA) is 20.2 Å². The molecule has 0 saturated heterocycles. The van der Waals surface area contributed by atoms with E-state index in [9.17, 15) is 13.9 Å². The predicted molar refractivity (Wildman–Crippen MR) is 67.8 cm³/mol. The van der Waals surface area contributed by atoms with Gasteiger partial charge < -0.3 is 5.11 Å². The summed E-state index contributed by atoms with van der Waals surface area (Å²) in [6.45, 7) is 1.50. The lowest BCUT2D eigenvalue weighted by atomic mass is 9.82. The largest absolute Gasteiger partial charge is 0.393 e. The van der Waals surface area contributed by atoms with Crippen molar-refractivity contribution in [2.75, 3.05) is 0 Å². The zero-order valence-electron chi connectivity index (χ0n) is 10.7. The summed E-state index contributed by atoms with van der Waals surface area (Å²) in [6.07, 6.45) is 2.96. The first-order chi connectivity index (χ1) is 8.53. The number of alkyl halides is 2. The molecule has 0 aromatic heterocycles. The van der Waals surface area contributed by atoms with Crippen LogP contribution < -0.4 is 0 Å². The maximum atomic E-state index is 13.7. The lowest BCUT2D eigenvalue weighted by molar-refractivity contribution is -0.00841. The molecule has 0 amide bonds. The molecule has 0 spiro atoms. The SMILES string of the molecule is CCC(F)(F)c1cccc(C2CCC(O)CC2)c1. The molecule has 0 atom stereocenters. The normalized spacial score (nSPS) is 25.1. The maximum Gasteiger partial charge on any atom is 0.273 e. The highest BCUT2D eigenvalue weighted by Gasteiger charge is 2.30. The first kappa shape index (κ1) is 13.5. The van der Waals surface area contributed by atoms with Gasteiger partial charge >= 0.3 is 0 Å². The molecule has 1 N–H and O–H groups in total. The minimum absolute atomic E-state index is 0.119. The van der Waals surface area contributed by atoms with Gasteiger partial charge in [0.05, 0.1) is 6.10 Å². The van der Waals surface area contributed by atoms with E-state index >= 15 is 0 Å². The highest BCUT2D eigenvalue weighted by atomic mass is 19.3. The number of rotatable bonds is 3. The fraction of sp³-hybridized carbons (Fsp3) is 0.600. The van der Waals surface area contributed by atoms with Crippen LogP contribution in [0.3, 0.4) is 0 Å². The highest BCUT2D eigenvalue weighted by Crippen LogP contribution is 2.36. The van der Waals surface area contributed by atoms with Gasteiger partial charge in [-0.3, -0.25) is 0 Å². The minimum atomic E-state index is -2.73. The van der Waals surface area contributed by atoms with Crippen LogP contribution in [0, 0.1) is 0 Å². The fourth-order valence-electron chi connectivity index (χ4n) is 2.63. The van der Waals surface area contributed by atoms with Gasteiger partial charge in [-0.15, -0.1) is 0 Å². The van der Waals surface area contributed by atoms with Crippen molar-refractivity contribution in [3.05, 3.63) is 35.4 Å². The van der Waals surface area contributed by atoms with Gasteiger partial charge in [-0.05, 0) is 43.2 Å². The van der Waals surface area contributed by atoms with E-state index in [1.54, 1.807) is 12.1 Å². The number of aliphatic hydroxyl groups is 1. The molecule has 1 aliphatic carbocycles. The second-order valence-electron chi connectivity index (χ2n) is 5.19. The Hall–Kier alpha value is -0.960. The van der Waals surface area contributed by atoms with E-state index in [2.05, 4.69) is 0 Å². The third-order valence-corrected chi connectivity index (χ3v) is 3.92. The molecule has 100 valence electrons. The molecule has 0 radical (unpaired) electrons. The second kappa shape index (κ2) is 5.35. The van der Waals surface area contributed by atoms with Crippen molar-refractivity contribution in [2.45, 2.75) is 57.0 Å². The Balaban J connectivity index is 2.17. The third-order valence-electron chi connectivity index (χ3n) is 3.92. The summed E-state index contributed by atoms with van der Waals surface area (Å²) in [6, 6.07) is 6.80. The van der Waals surface area contributed by atoms with Gasteiger partial charge in [-0.25, -0.2) is 8.78 Å². The summed E-state index contributed by atoms with van der Waals surface area (Å²) in [5.41, 5.74) is 1.11. The van der Waals surface area contributed by atoms with Gasteiger partial charge in [0.1, 0.15) is 0 Å². The van der Waals surface area contributed by atoms with Crippen LogP contribution in [-0.2, 0) is 5.92 Å². The van der Waals surface area contributed by atoms with E-state index in [0.29, 0.717) is 5.92 Å². The molecule has 0 aliphatic heterocycles. The molecule has 1 nitrogen and oxygen atoms in total. The van der Waals surface area contributed by atoms with Gasteiger partial charge in [0.2, 0.25) is 0 Å². The molecule has 0 heterocycles. The third kappa shape index (κ3) is 2.89. The van der Waals surface area contributed by atoms with Crippen LogP contribution in [0.15, 0.2) is 24.3 Å². The van der Waals surface area contributed by atoms with Crippen LogP contribution >= 0.6 is 0 Å². The van der Waals surface area contributed by atoms with Crippen LogP contribution in [0.4, 0.5) is 8.78 Å². The second-order valence-corrected chi connectivity index (χ2v) is 5.19. The van der Waals surface area contributed by atoms with E-state index in [-0.39, 0.29) is 18.1 Å². The minimum Gasteiger partial charge on any atom is -0.393 e. The highest BCUT2D eigenvalue weighted by molar-refractivity contribution is 5.29. The van der Waals surface area contributed by atoms with Gasteiger partial charge in [0, 0.05) is 12.0 Å². The predicted octanol–water partition coefficient (Wildman–Crippen LogP) is 4.21. The Kier molecular flexibility index (Phi) is 4.00. The molecule has 2 rings (SSSR count). The lowest BCUT2D eigenvalue weighted by Gasteiger charge is -2.26. The Bertz CT molecular complexity index is 395.